The molecular formula is C19H16FN3O3. The van der Waals surface area contributed by atoms with E-state index in [0.717, 1.165) is 10.1 Å². The highest BCUT2D eigenvalue weighted by atomic mass is 19.1. The molecule has 6 nitrogen and oxygen atoms in total. The van der Waals surface area contributed by atoms with Gasteiger partial charge in [-0.15, -0.1) is 0 Å². The number of anilines is 1. The number of carbonyl (C=O) groups is 1. The number of aryl methyl sites for hydroxylation is 1. The van der Waals surface area contributed by atoms with Crippen molar-refractivity contribution >= 4 is 11.6 Å². The van der Waals surface area contributed by atoms with E-state index in [1.165, 1.54) is 35.2 Å². The van der Waals surface area contributed by atoms with Crippen molar-refractivity contribution in [1.29, 1.82) is 0 Å². The van der Waals surface area contributed by atoms with Crippen molar-refractivity contribution in [3.63, 3.8) is 0 Å². The van der Waals surface area contributed by atoms with Crippen molar-refractivity contribution in [1.82, 2.24) is 9.13 Å². The first-order valence-corrected chi connectivity index (χ1v) is 7.90. The summed E-state index contributed by atoms with van der Waals surface area (Å²) in [4.78, 5) is 36.7. The first kappa shape index (κ1) is 17.3. The van der Waals surface area contributed by atoms with Gasteiger partial charge in [0.2, 0.25) is 5.91 Å². The first-order chi connectivity index (χ1) is 12.5. The van der Waals surface area contributed by atoms with E-state index in [1.54, 1.807) is 18.2 Å². The molecule has 0 aliphatic rings. The SMILES string of the molecule is Cc1ccccc1-n1ccn(CC(=O)Nc2ccccc2F)c(=O)c1=O. The normalized spacial score (nSPS) is 10.5. The Morgan fingerprint density at radius 2 is 1.69 bits per heavy atom. The fraction of sp³-hybridized carbons (Fsp3) is 0.105. The van der Waals surface area contributed by atoms with Gasteiger partial charge in [-0.1, -0.05) is 30.3 Å². The van der Waals surface area contributed by atoms with Crippen molar-refractivity contribution < 1.29 is 9.18 Å². The van der Waals surface area contributed by atoms with Crippen LogP contribution in [-0.2, 0) is 11.3 Å². The molecule has 0 radical (unpaired) electrons. The lowest BCUT2D eigenvalue weighted by Gasteiger charge is -2.11. The van der Waals surface area contributed by atoms with E-state index in [-0.39, 0.29) is 5.69 Å². The van der Waals surface area contributed by atoms with Crippen LogP contribution in [0.4, 0.5) is 10.1 Å². The number of nitrogens with one attached hydrogen (secondary N) is 1. The maximum atomic E-state index is 13.6. The Morgan fingerprint density at radius 3 is 2.42 bits per heavy atom. The van der Waals surface area contributed by atoms with Crippen LogP contribution in [0, 0.1) is 12.7 Å². The molecule has 0 bridgehead atoms. The van der Waals surface area contributed by atoms with E-state index in [0.29, 0.717) is 5.69 Å². The van der Waals surface area contributed by atoms with Crippen LogP contribution in [0.15, 0.2) is 70.5 Å². The zero-order chi connectivity index (χ0) is 18.7. The fourth-order valence-electron chi connectivity index (χ4n) is 2.56. The van der Waals surface area contributed by atoms with Gasteiger partial charge in [0.25, 0.3) is 0 Å². The lowest BCUT2D eigenvalue weighted by atomic mass is 10.2. The summed E-state index contributed by atoms with van der Waals surface area (Å²) >= 11 is 0. The highest BCUT2D eigenvalue weighted by Crippen LogP contribution is 2.12. The molecule has 3 aromatic rings. The summed E-state index contributed by atoms with van der Waals surface area (Å²) in [6.45, 7) is 1.44. The molecule has 0 fully saturated rings. The van der Waals surface area contributed by atoms with Crippen molar-refractivity contribution in [2.75, 3.05) is 5.32 Å². The van der Waals surface area contributed by atoms with Crippen LogP contribution in [0.25, 0.3) is 5.69 Å². The molecule has 132 valence electrons. The Hall–Kier alpha value is -3.48. The summed E-state index contributed by atoms with van der Waals surface area (Å²) < 4.78 is 15.8. The topological polar surface area (TPSA) is 73.1 Å². The second-order valence-corrected chi connectivity index (χ2v) is 5.72. The summed E-state index contributed by atoms with van der Waals surface area (Å²) in [5.74, 6) is -1.19. The average molecular weight is 353 g/mol. The third-order valence-electron chi connectivity index (χ3n) is 3.90. The molecule has 26 heavy (non-hydrogen) atoms. The Kier molecular flexibility index (Phi) is 4.79. The molecule has 1 amide bonds. The van der Waals surface area contributed by atoms with Gasteiger partial charge in [-0.3, -0.25) is 23.5 Å². The molecule has 0 spiro atoms. The van der Waals surface area contributed by atoms with E-state index >= 15 is 0 Å². The molecule has 1 N–H and O–H groups in total. The molecule has 1 aromatic heterocycles. The lowest BCUT2D eigenvalue weighted by Crippen LogP contribution is -2.41. The van der Waals surface area contributed by atoms with E-state index in [1.807, 2.05) is 19.1 Å². The number of aromatic nitrogens is 2. The lowest BCUT2D eigenvalue weighted by molar-refractivity contribution is -0.116. The van der Waals surface area contributed by atoms with E-state index < -0.39 is 29.4 Å². The quantitative estimate of drug-likeness (QED) is 0.730. The van der Waals surface area contributed by atoms with Crippen molar-refractivity contribution in [2.24, 2.45) is 0 Å². The van der Waals surface area contributed by atoms with Gasteiger partial charge < -0.3 is 5.32 Å². The smallest absolute Gasteiger partial charge is 0.320 e. The van der Waals surface area contributed by atoms with Crippen LogP contribution in [-0.4, -0.2) is 15.0 Å². The van der Waals surface area contributed by atoms with Gasteiger partial charge in [0, 0.05) is 12.4 Å². The minimum Gasteiger partial charge on any atom is -0.322 e. The maximum Gasteiger partial charge on any atom is 0.320 e. The summed E-state index contributed by atoms with van der Waals surface area (Å²) in [6, 6.07) is 12.9. The van der Waals surface area contributed by atoms with Gasteiger partial charge in [0.05, 0.1) is 11.4 Å². The molecule has 0 unspecified atom stereocenters. The van der Waals surface area contributed by atoms with Gasteiger partial charge in [-0.05, 0) is 30.7 Å². The fourth-order valence-corrected chi connectivity index (χ4v) is 2.56. The monoisotopic (exact) mass is 353 g/mol. The third-order valence-corrected chi connectivity index (χ3v) is 3.90. The van der Waals surface area contributed by atoms with Gasteiger partial charge in [-0.2, -0.15) is 0 Å². The summed E-state index contributed by atoms with van der Waals surface area (Å²) in [5.41, 5.74) is -0.152. The molecule has 3 rings (SSSR count). The number of halogens is 1. The largest absolute Gasteiger partial charge is 0.322 e. The van der Waals surface area contributed by atoms with Gasteiger partial charge >= 0.3 is 11.1 Å². The Bertz CT molecular complexity index is 1090. The second kappa shape index (κ2) is 7.18. The number of hydrogen-bond acceptors (Lipinski definition) is 3. The number of carbonyl (C=O) groups excluding carboxylic acids is 1. The minimum absolute atomic E-state index is 0.0128. The summed E-state index contributed by atoms with van der Waals surface area (Å²) in [7, 11) is 0. The Morgan fingerprint density at radius 1 is 1.00 bits per heavy atom. The van der Waals surface area contributed by atoms with E-state index in [9.17, 15) is 18.8 Å². The van der Waals surface area contributed by atoms with E-state index in [2.05, 4.69) is 5.32 Å². The predicted octanol–water partition coefficient (Wildman–Crippen LogP) is 2.09. The zero-order valence-electron chi connectivity index (χ0n) is 14.0. The van der Waals surface area contributed by atoms with Crippen LogP contribution in [0.3, 0.4) is 0 Å². The summed E-state index contributed by atoms with van der Waals surface area (Å²) in [5, 5.41) is 2.38. The number of rotatable bonds is 4. The maximum absolute atomic E-state index is 13.6. The number of nitrogens with zero attached hydrogens (tertiary/aromatic N) is 2. The third kappa shape index (κ3) is 3.46. The molecule has 0 saturated carbocycles. The van der Waals surface area contributed by atoms with Gasteiger partial charge in [0.1, 0.15) is 12.4 Å². The molecular weight excluding hydrogens is 337 g/mol. The number of para-hydroxylation sites is 2. The predicted molar refractivity (Wildman–Crippen MR) is 96.1 cm³/mol. The van der Waals surface area contributed by atoms with Crippen molar-refractivity contribution in [2.45, 2.75) is 13.5 Å². The Balaban J connectivity index is 1.86. The molecule has 2 aromatic carbocycles. The summed E-state index contributed by atoms with van der Waals surface area (Å²) in [6.07, 6.45) is 2.79. The highest BCUT2D eigenvalue weighted by Gasteiger charge is 2.12. The molecule has 0 aliphatic carbocycles. The van der Waals surface area contributed by atoms with Crippen molar-refractivity contribution in [3.05, 3.63) is 93.0 Å². The van der Waals surface area contributed by atoms with E-state index in [4.69, 9.17) is 0 Å². The molecule has 1 heterocycles. The molecule has 0 saturated heterocycles. The molecule has 7 heteroatoms. The highest BCUT2D eigenvalue weighted by molar-refractivity contribution is 5.90. The molecule has 0 atom stereocenters. The van der Waals surface area contributed by atoms with Gasteiger partial charge in [-0.25, -0.2) is 4.39 Å². The standard InChI is InChI=1S/C19H16FN3O3/c1-13-6-2-5-9-16(13)23-11-10-22(18(25)19(23)26)12-17(24)21-15-8-4-3-7-14(15)20/h2-11H,12H2,1H3,(H,21,24). The number of hydrogen-bond donors (Lipinski definition) is 1. The Labute approximate surface area is 148 Å². The molecule has 0 aliphatic heterocycles. The first-order valence-electron chi connectivity index (χ1n) is 7.90. The zero-order valence-corrected chi connectivity index (χ0v) is 14.0. The second-order valence-electron chi connectivity index (χ2n) is 5.72. The van der Waals surface area contributed by atoms with Crippen LogP contribution in [0.5, 0.6) is 0 Å². The minimum atomic E-state index is -0.834. The van der Waals surface area contributed by atoms with Crippen LogP contribution >= 0.6 is 0 Å². The number of benzene rings is 2. The van der Waals surface area contributed by atoms with Crippen LogP contribution in [0.2, 0.25) is 0 Å². The van der Waals surface area contributed by atoms with Crippen LogP contribution < -0.4 is 16.4 Å². The average Bonchev–Trinajstić information content (AvgIpc) is 2.62. The van der Waals surface area contributed by atoms with Crippen molar-refractivity contribution in [3.8, 4) is 5.69 Å². The number of amides is 1. The van der Waals surface area contributed by atoms with Crippen LogP contribution in [0.1, 0.15) is 5.56 Å². The van der Waals surface area contributed by atoms with Gasteiger partial charge in [0.15, 0.2) is 0 Å².